The van der Waals surface area contributed by atoms with E-state index in [2.05, 4.69) is 23.6 Å². The molecule has 4 nitrogen and oxygen atoms in total. The molecule has 0 saturated heterocycles. The third-order valence-electron chi connectivity index (χ3n) is 4.29. The normalized spacial score (nSPS) is 11.6. The number of para-hydroxylation sites is 2. The summed E-state index contributed by atoms with van der Waals surface area (Å²) in [4.78, 5) is 9.75. The third-order valence-corrected chi connectivity index (χ3v) is 4.29. The molecule has 0 unspecified atom stereocenters. The van der Waals surface area contributed by atoms with Gasteiger partial charge in [0, 0.05) is 11.9 Å². The Labute approximate surface area is 134 Å². The lowest BCUT2D eigenvalue weighted by Gasteiger charge is -2.06. The van der Waals surface area contributed by atoms with E-state index in [-0.39, 0.29) is 0 Å². The topological polar surface area (TPSA) is 39.9 Å². The molecule has 4 heteroatoms. The van der Waals surface area contributed by atoms with Gasteiger partial charge in [0.15, 0.2) is 5.65 Å². The van der Waals surface area contributed by atoms with Crippen molar-refractivity contribution in [1.82, 2.24) is 14.5 Å². The summed E-state index contributed by atoms with van der Waals surface area (Å²) in [6.45, 7) is 3.16. The molecular formula is C19H19N3O. The first-order chi connectivity index (χ1) is 11.3. The van der Waals surface area contributed by atoms with E-state index in [4.69, 9.17) is 14.7 Å². The largest absolute Gasteiger partial charge is 0.497 e. The number of hydrogen-bond acceptors (Lipinski definition) is 3. The highest BCUT2D eigenvalue weighted by molar-refractivity contribution is 6.06. The first kappa shape index (κ1) is 14.0. The number of aromatic nitrogens is 3. The van der Waals surface area contributed by atoms with Gasteiger partial charge in [-0.05, 0) is 36.8 Å². The van der Waals surface area contributed by atoms with E-state index in [1.54, 1.807) is 7.11 Å². The van der Waals surface area contributed by atoms with Crippen molar-refractivity contribution in [3.8, 4) is 5.75 Å². The van der Waals surface area contributed by atoms with Crippen LogP contribution >= 0.6 is 0 Å². The van der Waals surface area contributed by atoms with Crippen molar-refractivity contribution in [1.29, 1.82) is 0 Å². The Morgan fingerprint density at radius 1 is 1.04 bits per heavy atom. The summed E-state index contributed by atoms with van der Waals surface area (Å²) in [5.74, 6) is 0.849. The second-order valence-corrected chi connectivity index (χ2v) is 5.77. The first-order valence-electron chi connectivity index (χ1n) is 8.04. The average Bonchev–Trinajstić information content (AvgIpc) is 2.90. The van der Waals surface area contributed by atoms with Crippen LogP contribution in [0.25, 0.3) is 33.1 Å². The predicted molar refractivity (Wildman–Crippen MR) is 94.0 cm³/mol. The van der Waals surface area contributed by atoms with E-state index in [1.165, 1.54) is 5.52 Å². The van der Waals surface area contributed by atoms with Crippen LogP contribution in [0.1, 0.15) is 19.8 Å². The van der Waals surface area contributed by atoms with E-state index in [0.29, 0.717) is 0 Å². The molecule has 0 spiro atoms. The van der Waals surface area contributed by atoms with E-state index < -0.39 is 0 Å². The fraction of sp³-hybridized carbons (Fsp3) is 0.263. The Balaban J connectivity index is 2.10. The van der Waals surface area contributed by atoms with Gasteiger partial charge in [0.05, 0.1) is 23.7 Å². The van der Waals surface area contributed by atoms with Crippen LogP contribution in [-0.4, -0.2) is 21.6 Å². The lowest BCUT2D eigenvalue weighted by Crippen LogP contribution is -1.99. The van der Waals surface area contributed by atoms with E-state index in [9.17, 15) is 0 Å². The highest BCUT2D eigenvalue weighted by Crippen LogP contribution is 2.31. The smallest absolute Gasteiger partial charge is 0.160 e. The summed E-state index contributed by atoms with van der Waals surface area (Å²) in [6.07, 6.45) is 2.28. The van der Waals surface area contributed by atoms with Gasteiger partial charge in [-0.1, -0.05) is 25.5 Å². The van der Waals surface area contributed by atoms with Crippen molar-refractivity contribution in [2.45, 2.75) is 26.3 Å². The zero-order valence-electron chi connectivity index (χ0n) is 13.4. The molecule has 0 aliphatic carbocycles. The predicted octanol–water partition coefficient (Wildman–Crippen LogP) is 4.55. The van der Waals surface area contributed by atoms with Gasteiger partial charge < -0.3 is 9.30 Å². The first-order valence-corrected chi connectivity index (χ1v) is 8.04. The molecule has 2 heterocycles. The summed E-state index contributed by atoms with van der Waals surface area (Å²) in [5.41, 5.74) is 4.95. The van der Waals surface area contributed by atoms with Gasteiger partial charge in [-0.25, -0.2) is 9.97 Å². The molecule has 0 aliphatic rings. The Hall–Kier alpha value is -2.62. The zero-order chi connectivity index (χ0) is 15.8. The quantitative estimate of drug-likeness (QED) is 0.555. The molecule has 0 atom stereocenters. The van der Waals surface area contributed by atoms with Crippen LogP contribution in [0.3, 0.4) is 0 Å². The fourth-order valence-corrected chi connectivity index (χ4v) is 3.08. The maximum absolute atomic E-state index is 5.39. The molecule has 0 amide bonds. The monoisotopic (exact) mass is 305 g/mol. The molecule has 0 saturated carbocycles. The van der Waals surface area contributed by atoms with Crippen molar-refractivity contribution >= 4 is 33.1 Å². The van der Waals surface area contributed by atoms with Crippen molar-refractivity contribution in [3.05, 3.63) is 42.5 Å². The number of fused-ring (bicyclic) bond motifs is 4. The summed E-state index contributed by atoms with van der Waals surface area (Å²) in [6, 6.07) is 14.2. The number of benzene rings is 2. The van der Waals surface area contributed by atoms with Gasteiger partial charge in [-0.15, -0.1) is 0 Å². The zero-order valence-corrected chi connectivity index (χ0v) is 13.4. The Morgan fingerprint density at radius 2 is 1.83 bits per heavy atom. The molecule has 23 heavy (non-hydrogen) atoms. The number of methoxy groups -OCH3 is 1. The summed E-state index contributed by atoms with van der Waals surface area (Å²) in [7, 11) is 1.69. The molecule has 0 N–H and O–H groups in total. The molecule has 0 radical (unpaired) electrons. The Kier molecular flexibility index (Phi) is 3.37. The maximum atomic E-state index is 5.39. The van der Waals surface area contributed by atoms with E-state index in [0.717, 1.165) is 52.7 Å². The van der Waals surface area contributed by atoms with Crippen LogP contribution in [0.15, 0.2) is 42.5 Å². The lowest BCUT2D eigenvalue weighted by atomic mass is 10.2. The van der Waals surface area contributed by atoms with E-state index >= 15 is 0 Å². The summed E-state index contributed by atoms with van der Waals surface area (Å²) < 4.78 is 7.68. The van der Waals surface area contributed by atoms with Gasteiger partial charge in [-0.2, -0.15) is 0 Å². The average molecular weight is 305 g/mol. The molecular weight excluding hydrogens is 286 g/mol. The van der Waals surface area contributed by atoms with Crippen LogP contribution in [0.4, 0.5) is 0 Å². The SMILES string of the molecule is CCCCn1c2ccc(OC)cc2c2nc3ccccc3nc21. The minimum atomic E-state index is 0.849. The number of ether oxygens (including phenoxy) is 1. The number of nitrogens with zero attached hydrogens (tertiary/aromatic N) is 3. The standard InChI is InChI=1S/C19H19N3O/c1-3-4-11-22-17-10-9-13(23-2)12-14(17)18-19(22)21-16-8-6-5-7-15(16)20-18/h5-10,12H,3-4,11H2,1-2H3. The summed E-state index contributed by atoms with van der Waals surface area (Å²) >= 11 is 0. The van der Waals surface area contributed by atoms with E-state index in [1.807, 2.05) is 30.3 Å². The summed E-state index contributed by atoms with van der Waals surface area (Å²) in [5, 5.41) is 1.11. The second-order valence-electron chi connectivity index (χ2n) is 5.77. The molecule has 0 aliphatic heterocycles. The molecule has 2 aromatic carbocycles. The van der Waals surface area contributed by atoms with Crippen molar-refractivity contribution < 1.29 is 4.74 Å². The Bertz CT molecular complexity index is 1000. The van der Waals surface area contributed by atoms with Crippen LogP contribution in [-0.2, 0) is 6.54 Å². The third kappa shape index (κ3) is 2.22. The Morgan fingerprint density at radius 3 is 2.57 bits per heavy atom. The highest BCUT2D eigenvalue weighted by atomic mass is 16.5. The molecule has 116 valence electrons. The number of unbranched alkanes of at least 4 members (excludes halogenated alkanes) is 1. The minimum Gasteiger partial charge on any atom is -0.497 e. The fourth-order valence-electron chi connectivity index (χ4n) is 3.08. The van der Waals surface area contributed by atoms with Gasteiger partial charge in [0.2, 0.25) is 0 Å². The van der Waals surface area contributed by atoms with Crippen molar-refractivity contribution in [2.75, 3.05) is 7.11 Å². The number of hydrogen-bond donors (Lipinski definition) is 0. The molecule has 0 bridgehead atoms. The number of aryl methyl sites for hydroxylation is 1. The minimum absolute atomic E-state index is 0.849. The van der Waals surface area contributed by atoms with Crippen molar-refractivity contribution in [3.63, 3.8) is 0 Å². The van der Waals surface area contributed by atoms with Gasteiger partial charge in [0.1, 0.15) is 11.3 Å². The van der Waals surface area contributed by atoms with Crippen LogP contribution < -0.4 is 4.74 Å². The second kappa shape index (κ2) is 5.54. The van der Waals surface area contributed by atoms with Crippen LogP contribution in [0.2, 0.25) is 0 Å². The van der Waals surface area contributed by atoms with Gasteiger partial charge in [-0.3, -0.25) is 0 Å². The lowest BCUT2D eigenvalue weighted by molar-refractivity contribution is 0.415. The molecule has 4 aromatic rings. The highest BCUT2D eigenvalue weighted by Gasteiger charge is 2.14. The van der Waals surface area contributed by atoms with Crippen LogP contribution in [0, 0.1) is 0 Å². The van der Waals surface area contributed by atoms with Gasteiger partial charge in [0.25, 0.3) is 0 Å². The molecule has 0 fully saturated rings. The van der Waals surface area contributed by atoms with Crippen molar-refractivity contribution in [2.24, 2.45) is 0 Å². The molecule has 2 aromatic heterocycles. The van der Waals surface area contributed by atoms with Gasteiger partial charge >= 0.3 is 0 Å². The molecule has 4 rings (SSSR count). The van der Waals surface area contributed by atoms with Crippen LogP contribution in [0.5, 0.6) is 5.75 Å². The maximum Gasteiger partial charge on any atom is 0.160 e. The number of rotatable bonds is 4.